The quantitative estimate of drug-likeness (QED) is 0.448. The Morgan fingerprint density at radius 2 is 1.70 bits per heavy atom. The van der Waals surface area contributed by atoms with Crippen LogP contribution in [-0.2, 0) is 9.84 Å². The van der Waals surface area contributed by atoms with Gasteiger partial charge in [-0.05, 0) is 68.4 Å². The van der Waals surface area contributed by atoms with Gasteiger partial charge in [0.2, 0.25) is 0 Å². The van der Waals surface area contributed by atoms with Crippen LogP contribution in [-0.4, -0.2) is 41.2 Å². The second-order valence-electron chi connectivity index (χ2n) is 6.96. The van der Waals surface area contributed by atoms with Crippen molar-refractivity contribution in [2.45, 2.75) is 24.0 Å². The third kappa shape index (κ3) is 5.67. The predicted octanol–water partition coefficient (Wildman–Crippen LogP) is 4.03. The highest BCUT2D eigenvalue weighted by atomic mass is 32.2. The number of methoxy groups -OCH3 is 1. The van der Waals surface area contributed by atoms with Gasteiger partial charge >= 0.3 is 0 Å². The van der Waals surface area contributed by atoms with Gasteiger partial charge in [0.25, 0.3) is 5.91 Å². The summed E-state index contributed by atoms with van der Waals surface area (Å²) in [6.45, 7) is 4.37. The number of hydrogen-bond acceptors (Lipinski definition) is 7. The minimum Gasteiger partial charge on any atom is -0.497 e. The Morgan fingerprint density at radius 1 is 1.00 bits per heavy atom. The van der Waals surface area contributed by atoms with Gasteiger partial charge < -0.3 is 23.9 Å². The maximum atomic E-state index is 13.3. The van der Waals surface area contributed by atoms with Gasteiger partial charge in [0, 0.05) is 12.1 Å². The lowest BCUT2D eigenvalue weighted by Crippen LogP contribution is -2.31. The van der Waals surface area contributed by atoms with Crippen molar-refractivity contribution in [3.63, 3.8) is 0 Å². The molecule has 0 saturated heterocycles. The molecule has 2 aromatic carbocycles. The van der Waals surface area contributed by atoms with Crippen molar-refractivity contribution in [3.8, 4) is 17.2 Å². The van der Waals surface area contributed by atoms with E-state index in [1.54, 1.807) is 42.5 Å². The van der Waals surface area contributed by atoms with Crippen molar-refractivity contribution in [1.29, 1.82) is 0 Å². The van der Waals surface area contributed by atoms with E-state index in [0.717, 1.165) is 0 Å². The van der Waals surface area contributed by atoms with Crippen LogP contribution in [0.3, 0.4) is 0 Å². The number of rotatable bonds is 11. The Bertz CT molecular complexity index is 1160. The first-order valence-corrected chi connectivity index (χ1v) is 12.0. The Hall–Kier alpha value is -3.46. The lowest BCUT2D eigenvalue weighted by Gasteiger charge is -2.17. The van der Waals surface area contributed by atoms with Crippen LogP contribution in [0.4, 0.5) is 0 Å². The molecule has 8 nitrogen and oxygen atoms in total. The highest BCUT2D eigenvalue weighted by Gasteiger charge is 2.32. The summed E-state index contributed by atoms with van der Waals surface area (Å²) in [5, 5.41) is 1.60. The number of carbonyl (C=O) groups is 1. The molecule has 0 unspecified atom stereocenters. The minimum atomic E-state index is -3.87. The van der Waals surface area contributed by atoms with Gasteiger partial charge in [0.15, 0.2) is 21.3 Å². The van der Waals surface area contributed by atoms with Crippen LogP contribution in [0.5, 0.6) is 17.2 Å². The smallest absolute Gasteiger partial charge is 0.251 e. The molecule has 0 bridgehead atoms. The summed E-state index contributed by atoms with van der Waals surface area (Å²) in [4.78, 5) is 12.9. The Morgan fingerprint density at radius 3 is 2.30 bits per heavy atom. The lowest BCUT2D eigenvalue weighted by molar-refractivity contribution is 0.0952. The molecule has 33 heavy (non-hydrogen) atoms. The van der Waals surface area contributed by atoms with E-state index in [9.17, 15) is 13.2 Å². The molecule has 3 aromatic rings. The molecule has 9 heteroatoms. The average Bonchev–Trinajstić information content (AvgIpc) is 3.35. The molecular formula is C24H27NO7S. The molecule has 0 saturated carbocycles. The second-order valence-corrected chi connectivity index (χ2v) is 9.09. The normalized spacial score (nSPS) is 12.1. The van der Waals surface area contributed by atoms with E-state index in [1.165, 1.54) is 25.5 Å². The number of ether oxygens (including phenoxy) is 3. The monoisotopic (exact) mass is 473 g/mol. The van der Waals surface area contributed by atoms with Gasteiger partial charge in [-0.25, -0.2) is 8.42 Å². The van der Waals surface area contributed by atoms with Crippen molar-refractivity contribution in [2.24, 2.45) is 0 Å². The lowest BCUT2D eigenvalue weighted by atomic mass is 10.2. The number of furan rings is 1. The average molecular weight is 474 g/mol. The van der Waals surface area contributed by atoms with Crippen molar-refractivity contribution >= 4 is 15.7 Å². The van der Waals surface area contributed by atoms with Crippen LogP contribution in [0, 0.1) is 0 Å². The first-order chi connectivity index (χ1) is 15.9. The van der Waals surface area contributed by atoms with E-state index in [-0.39, 0.29) is 17.2 Å². The summed E-state index contributed by atoms with van der Waals surface area (Å²) in [5.74, 6) is 1.30. The standard InChI is InChI=1S/C24H27NO7S/c1-4-30-20-13-8-17(15-22(20)31-5-2)24(26)25-16-23(21-7-6-14-32-21)33(27,28)19-11-9-18(29-3)10-12-19/h6-15,23H,4-5,16H2,1-3H3,(H,25,26)/t23-/m1/s1. The van der Waals surface area contributed by atoms with Crippen LogP contribution in [0.2, 0.25) is 0 Å². The van der Waals surface area contributed by atoms with E-state index < -0.39 is 21.0 Å². The fourth-order valence-corrected chi connectivity index (χ4v) is 4.83. The Kier molecular flexibility index (Phi) is 8.00. The molecule has 176 valence electrons. The molecule has 1 N–H and O–H groups in total. The molecule has 1 aromatic heterocycles. The van der Waals surface area contributed by atoms with Crippen LogP contribution in [0.25, 0.3) is 0 Å². The highest BCUT2D eigenvalue weighted by molar-refractivity contribution is 7.91. The summed E-state index contributed by atoms with van der Waals surface area (Å²) >= 11 is 0. The van der Waals surface area contributed by atoms with Crippen molar-refractivity contribution in [2.75, 3.05) is 26.9 Å². The molecule has 0 aliphatic heterocycles. The summed E-state index contributed by atoms with van der Waals surface area (Å²) in [6, 6.07) is 14.1. The molecule has 0 radical (unpaired) electrons. The Labute approximate surface area is 193 Å². The van der Waals surface area contributed by atoms with E-state index in [1.807, 2.05) is 13.8 Å². The van der Waals surface area contributed by atoms with Crippen LogP contribution in [0.1, 0.15) is 35.2 Å². The first kappa shape index (κ1) is 24.2. The largest absolute Gasteiger partial charge is 0.497 e. The summed E-state index contributed by atoms with van der Waals surface area (Å²) in [5.41, 5.74) is 0.321. The maximum Gasteiger partial charge on any atom is 0.251 e. The zero-order valence-electron chi connectivity index (χ0n) is 18.7. The topological polar surface area (TPSA) is 104 Å². The Balaban J connectivity index is 1.83. The van der Waals surface area contributed by atoms with Gasteiger partial charge in [-0.1, -0.05) is 0 Å². The maximum absolute atomic E-state index is 13.3. The SMILES string of the molecule is CCOc1ccc(C(=O)NC[C@H](c2ccco2)S(=O)(=O)c2ccc(OC)cc2)cc1OCC. The predicted molar refractivity (Wildman–Crippen MR) is 123 cm³/mol. The molecule has 0 spiro atoms. The number of benzene rings is 2. The molecule has 1 atom stereocenters. The number of sulfone groups is 1. The fourth-order valence-electron chi connectivity index (χ4n) is 3.25. The highest BCUT2D eigenvalue weighted by Crippen LogP contribution is 2.31. The molecule has 0 fully saturated rings. The zero-order chi connectivity index (χ0) is 23.8. The molecule has 0 aliphatic carbocycles. The number of carbonyl (C=O) groups excluding carboxylic acids is 1. The molecule has 1 heterocycles. The van der Waals surface area contributed by atoms with Crippen LogP contribution < -0.4 is 19.5 Å². The van der Waals surface area contributed by atoms with Crippen molar-refractivity contribution in [3.05, 3.63) is 72.2 Å². The van der Waals surface area contributed by atoms with Gasteiger partial charge in [0.1, 0.15) is 16.8 Å². The number of hydrogen-bond donors (Lipinski definition) is 1. The van der Waals surface area contributed by atoms with Crippen LogP contribution >= 0.6 is 0 Å². The van der Waals surface area contributed by atoms with E-state index >= 15 is 0 Å². The van der Waals surface area contributed by atoms with E-state index in [0.29, 0.717) is 36.0 Å². The van der Waals surface area contributed by atoms with Gasteiger partial charge in [-0.15, -0.1) is 0 Å². The minimum absolute atomic E-state index is 0.0960. The van der Waals surface area contributed by atoms with Crippen molar-refractivity contribution in [1.82, 2.24) is 5.32 Å². The molecular weight excluding hydrogens is 446 g/mol. The fraction of sp³-hybridized carbons (Fsp3) is 0.292. The third-order valence-corrected chi connectivity index (χ3v) is 6.95. The van der Waals surface area contributed by atoms with Gasteiger partial charge in [-0.2, -0.15) is 0 Å². The second kappa shape index (κ2) is 10.9. The number of amides is 1. The number of nitrogens with one attached hydrogen (secondary N) is 1. The zero-order valence-corrected chi connectivity index (χ0v) is 19.6. The van der Waals surface area contributed by atoms with Gasteiger partial charge in [0.05, 0.1) is 31.5 Å². The van der Waals surface area contributed by atoms with Gasteiger partial charge in [-0.3, -0.25) is 4.79 Å². The van der Waals surface area contributed by atoms with Crippen molar-refractivity contribution < 1.29 is 31.8 Å². The van der Waals surface area contributed by atoms with E-state index in [4.69, 9.17) is 18.6 Å². The first-order valence-electron chi connectivity index (χ1n) is 10.5. The summed E-state index contributed by atoms with van der Waals surface area (Å²) < 4.78 is 48.3. The molecule has 3 rings (SSSR count). The molecule has 0 aliphatic rings. The van der Waals surface area contributed by atoms with Crippen LogP contribution in [0.15, 0.2) is 70.2 Å². The summed E-state index contributed by atoms with van der Waals surface area (Å²) in [7, 11) is -2.36. The third-order valence-electron chi connectivity index (χ3n) is 4.88. The molecule has 1 amide bonds. The van der Waals surface area contributed by atoms with E-state index in [2.05, 4.69) is 5.32 Å². The summed E-state index contributed by atoms with van der Waals surface area (Å²) in [6.07, 6.45) is 1.40.